The van der Waals surface area contributed by atoms with Crippen molar-refractivity contribution in [3.8, 4) is 0 Å². The number of amides is 1. The topological polar surface area (TPSA) is 32.3 Å². The summed E-state index contributed by atoms with van der Waals surface area (Å²) in [6.45, 7) is 1.88. The van der Waals surface area contributed by atoms with Crippen LogP contribution in [0.2, 0.25) is 0 Å². The van der Waals surface area contributed by atoms with Crippen molar-refractivity contribution in [2.45, 2.75) is 30.2 Å². The van der Waals surface area contributed by atoms with Crippen LogP contribution in [0.3, 0.4) is 0 Å². The maximum Gasteiger partial charge on any atom is 0.261 e. The molecule has 2 heterocycles. The van der Waals surface area contributed by atoms with E-state index in [9.17, 15) is 4.79 Å². The molecule has 1 amide bonds. The minimum Gasteiger partial charge on any atom is -0.350 e. The van der Waals surface area contributed by atoms with E-state index in [2.05, 4.69) is 29.9 Å². The number of rotatable bonds is 3. The molecule has 0 radical (unpaired) electrons. The van der Waals surface area contributed by atoms with E-state index in [4.69, 9.17) is 0 Å². The highest BCUT2D eigenvalue weighted by Gasteiger charge is 2.19. The van der Waals surface area contributed by atoms with E-state index in [0.717, 1.165) is 22.9 Å². The minimum absolute atomic E-state index is 0.0225. The summed E-state index contributed by atoms with van der Waals surface area (Å²) in [7, 11) is 2.13. The molecule has 94 valence electrons. The van der Waals surface area contributed by atoms with Crippen LogP contribution < -0.4 is 5.32 Å². The standard InChI is InChI=1S/C12H18N2OS2/c1-14-5-3-2-4-9(14)7-13-12(15)11-6-10(16)8-17-11/h6,8-9,16H,2-5,7H2,1H3,(H,13,15). The molecule has 3 nitrogen and oxygen atoms in total. The van der Waals surface area contributed by atoms with Gasteiger partial charge in [0.1, 0.15) is 0 Å². The normalized spacial score (nSPS) is 21.4. The molecular formula is C12H18N2OS2. The molecule has 1 fully saturated rings. The van der Waals surface area contributed by atoms with Gasteiger partial charge in [-0.1, -0.05) is 6.42 Å². The summed E-state index contributed by atoms with van der Waals surface area (Å²) in [6, 6.07) is 2.30. The molecule has 17 heavy (non-hydrogen) atoms. The predicted octanol–water partition coefficient (Wildman–Crippen LogP) is 2.25. The summed E-state index contributed by atoms with van der Waals surface area (Å²) < 4.78 is 0. The molecule has 1 aliphatic rings. The minimum atomic E-state index is 0.0225. The molecule has 1 unspecified atom stereocenters. The maximum absolute atomic E-state index is 11.9. The fourth-order valence-corrected chi connectivity index (χ4v) is 3.21. The Morgan fingerprint density at radius 3 is 3.12 bits per heavy atom. The number of thiol groups is 1. The summed E-state index contributed by atoms with van der Waals surface area (Å²) in [6.07, 6.45) is 3.72. The smallest absolute Gasteiger partial charge is 0.261 e. The summed E-state index contributed by atoms with van der Waals surface area (Å²) in [5.41, 5.74) is 0. The summed E-state index contributed by atoms with van der Waals surface area (Å²) in [5, 5.41) is 4.89. The molecule has 1 aromatic heterocycles. The van der Waals surface area contributed by atoms with Gasteiger partial charge in [0.2, 0.25) is 0 Å². The Morgan fingerprint density at radius 1 is 1.65 bits per heavy atom. The number of carbonyl (C=O) groups excluding carboxylic acids is 1. The molecular weight excluding hydrogens is 252 g/mol. The Morgan fingerprint density at radius 2 is 2.47 bits per heavy atom. The number of likely N-dealkylation sites (tertiary alicyclic amines) is 1. The van der Waals surface area contributed by atoms with Gasteiger partial charge in [-0.2, -0.15) is 0 Å². The van der Waals surface area contributed by atoms with Crippen LogP contribution in [0.25, 0.3) is 0 Å². The zero-order chi connectivity index (χ0) is 12.3. The Kier molecular flexibility index (Phi) is 4.48. The first-order valence-electron chi connectivity index (χ1n) is 5.93. The Labute approximate surface area is 112 Å². The fourth-order valence-electron chi connectivity index (χ4n) is 2.14. The van der Waals surface area contributed by atoms with Gasteiger partial charge in [0.05, 0.1) is 4.88 Å². The first-order chi connectivity index (χ1) is 8.16. The molecule has 0 spiro atoms. The lowest BCUT2D eigenvalue weighted by atomic mass is 10.0. The first kappa shape index (κ1) is 12.9. The van der Waals surface area contributed by atoms with E-state index in [1.807, 2.05) is 11.4 Å². The van der Waals surface area contributed by atoms with Gasteiger partial charge in [-0.25, -0.2) is 0 Å². The highest BCUT2D eigenvalue weighted by atomic mass is 32.1. The lowest BCUT2D eigenvalue weighted by molar-refractivity contribution is 0.0932. The average Bonchev–Trinajstić information content (AvgIpc) is 2.74. The number of thiophene rings is 1. The SMILES string of the molecule is CN1CCCCC1CNC(=O)c1cc(S)cs1. The second kappa shape index (κ2) is 5.89. The van der Waals surface area contributed by atoms with Crippen LogP contribution in [-0.4, -0.2) is 37.0 Å². The predicted molar refractivity (Wildman–Crippen MR) is 74.2 cm³/mol. The first-order valence-corrected chi connectivity index (χ1v) is 7.25. The number of carbonyl (C=O) groups is 1. The lowest BCUT2D eigenvalue weighted by Crippen LogP contribution is -2.44. The molecule has 0 bridgehead atoms. The molecule has 1 saturated heterocycles. The molecule has 2 rings (SSSR count). The third kappa shape index (κ3) is 3.47. The van der Waals surface area contributed by atoms with Crippen molar-refractivity contribution in [2.75, 3.05) is 20.1 Å². The lowest BCUT2D eigenvalue weighted by Gasteiger charge is -2.32. The molecule has 1 N–H and O–H groups in total. The van der Waals surface area contributed by atoms with Gasteiger partial charge in [-0.3, -0.25) is 4.79 Å². The number of nitrogens with zero attached hydrogens (tertiary/aromatic N) is 1. The van der Waals surface area contributed by atoms with Crippen LogP contribution in [-0.2, 0) is 0 Å². The number of hydrogen-bond acceptors (Lipinski definition) is 4. The van der Waals surface area contributed by atoms with E-state index in [0.29, 0.717) is 6.04 Å². The second-order valence-corrected chi connectivity index (χ2v) is 5.94. The molecule has 5 heteroatoms. The van der Waals surface area contributed by atoms with Crippen LogP contribution >= 0.6 is 24.0 Å². The largest absolute Gasteiger partial charge is 0.350 e. The molecule has 0 aromatic carbocycles. The summed E-state index contributed by atoms with van der Waals surface area (Å²) >= 11 is 5.65. The van der Waals surface area contributed by atoms with Gasteiger partial charge in [0, 0.05) is 22.9 Å². The highest BCUT2D eigenvalue weighted by Crippen LogP contribution is 2.18. The highest BCUT2D eigenvalue weighted by molar-refractivity contribution is 7.80. The van der Waals surface area contributed by atoms with Gasteiger partial charge >= 0.3 is 0 Å². The molecule has 1 aliphatic heterocycles. The van der Waals surface area contributed by atoms with Crippen molar-refractivity contribution < 1.29 is 4.79 Å². The van der Waals surface area contributed by atoms with Gasteiger partial charge in [0.15, 0.2) is 0 Å². The van der Waals surface area contributed by atoms with Crippen molar-refractivity contribution in [2.24, 2.45) is 0 Å². The fraction of sp³-hybridized carbons (Fsp3) is 0.583. The van der Waals surface area contributed by atoms with Gasteiger partial charge < -0.3 is 10.2 Å². The maximum atomic E-state index is 11.9. The summed E-state index contributed by atoms with van der Waals surface area (Å²) in [5.74, 6) is 0.0225. The Bertz CT molecular complexity index is 392. The van der Waals surface area contributed by atoms with Crippen molar-refractivity contribution >= 4 is 29.9 Å². The number of piperidine rings is 1. The molecule has 1 atom stereocenters. The van der Waals surface area contributed by atoms with Crippen LogP contribution in [0.5, 0.6) is 0 Å². The molecule has 0 aliphatic carbocycles. The number of likely N-dealkylation sites (N-methyl/N-ethyl adjacent to an activating group) is 1. The van der Waals surface area contributed by atoms with Crippen molar-refractivity contribution in [1.29, 1.82) is 0 Å². The average molecular weight is 270 g/mol. The number of nitrogens with one attached hydrogen (secondary N) is 1. The molecule has 0 saturated carbocycles. The third-order valence-corrected chi connectivity index (χ3v) is 4.59. The third-order valence-electron chi connectivity index (χ3n) is 3.23. The van der Waals surface area contributed by atoms with Gasteiger partial charge in [0.25, 0.3) is 5.91 Å². The van der Waals surface area contributed by atoms with Crippen LogP contribution in [0, 0.1) is 0 Å². The molecule has 1 aromatic rings. The summed E-state index contributed by atoms with van der Waals surface area (Å²) in [4.78, 5) is 15.8. The van der Waals surface area contributed by atoms with Crippen molar-refractivity contribution in [1.82, 2.24) is 10.2 Å². The van der Waals surface area contributed by atoms with Crippen molar-refractivity contribution in [3.63, 3.8) is 0 Å². The number of hydrogen-bond donors (Lipinski definition) is 2. The quantitative estimate of drug-likeness (QED) is 0.826. The van der Waals surface area contributed by atoms with Gasteiger partial charge in [-0.15, -0.1) is 24.0 Å². The van der Waals surface area contributed by atoms with E-state index >= 15 is 0 Å². The van der Waals surface area contributed by atoms with E-state index in [-0.39, 0.29) is 5.91 Å². The van der Waals surface area contributed by atoms with Gasteiger partial charge in [-0.05, 0) is 32.5 Å². The zero-order valence-corrected chi connectivity index (χ0v) is 11.7. The van der Waals surface area contributed by atoms with E-state index in [1.165, 1.54) is 30.6 Å². The van der Waals surface area contributed by atoms with Crippen LogP contribution in [0.4, 0.5) is 0 Å². The van der Waals surface area contributed by atoms with Crippen LogP contribution in [0.1, 0.15) is 28.9 Å². The van der Waals surface area contributed by atoms with Crippen molar-refractivity contribution in [3.05, 3.63) is 16.3 Å². The second-order valence-electron chi connectivity index (χ2n) is 4.51. The Hall–Kier alpha value is -0.520. The Balaban J connectivity index is 1.83. The van der Waals surface area contributed by atoms with E-state index in [1.54, 1.807) is 0 Å². The zero-order valence-electron chi connectivity index (χ0n) is 9.98. The monoisotopic (exact) mass is 270 g/mol. The van der Waals surface area contributed by atoms with Crippen LogP contribution in [0.15, 0.2) is 16.3 Å². The van der Waals surface area contributed by atoms with E-state index < -0.39 is 0 Å².